The summed E-state index contributed by atoms with van der Waals surface area (Å²) in [4.78, 5) is 26.2. The van der Waals surface area contributed by atoms with Crippen LogP contribution in [0.5, 0.6) is 0 Å². The van der Waals surface area contributed by atoms with Crippen LogP contribution >= 0.6 is 11.8 Å². The third-order valence-corrected chi connectivity index (χ3v) is 4.10. The maximum absolute atomic E-state index is 11.7. The van der Waals surface area contributed by atoms with E-state index in [1.807, 2.05) is 11.8 Å². The molecule has 7 heteroatoms. The Morgan fingerprint density at radius 2 is 2.10 bits per heavy atom. The molecule has 1 aromatic heterocycles. The lowest BCUT2D eigenvalue weighted by Gasteiger charge is -2.22. The van der Waals surface area contributed by atoms with Crippen molar-refractivity contribution in [2.24, 2.45) is 0 Å². The van der Waals surface area contributed by atoms with Gasteiger partial charge in [-0.3, -0.25) is 0 Å². The molecule has 0 aliphatic carbocycles. The topological polar surface area (TPSA) is 91.3 Å². The van der Waals surface area contributed by atoms with E-state index in [0.717, 1.165) is 29.9 Å². The number of amides is 2. The highest BCUT2D eigenvalue weighted by Gasteiger charge is 2.15. The zero-order valence-electron chi connectivity index (χ0n) is 11.0. The lowest BCUT2D eigenvalue weighted by molar-refractivity contribution is 0.0690. The molecule has 108 valence electrons. The highest BCUT2D eigenvalue weighted by atomic mass is 32.2. The van der Waals surface area contributed by atoms with Crippen molar-refractivity contribution < 1.29 is 14.7 Å². The molecule has 1 aliphatic rings. The number of aromatic nitrogens is 1. The van der Waals surface area contributed by atoms with Gasteiger partial charge < -0.3 is 15.7 Å². The van der Waals surface area contributed by atoms with Gasteiger partial charge in [-0.1, -0.05) is 6.07 Å². The molecule has 1 fully saturated rings. The molecule has 0 saturated carbocycles. The van der Waals surface area contributed by atoms with Gasteiger partial charge in [-0.25, -0.2) is 14.6 Å². The average Bonchev–Trinajstić information content (AvgIpc) is 2.46. The summed E-state index contributed by atoms with van der Waals surface area (Å²) < 4.78 is 0. The highest BCUT2D eigenvalue weighted by molar-refractivity contribution is 7.99. The molecular weight excluding hydrogens is 278 g/mol. The number of carboxylic acids is 1. The first kappa shape index (κ1) is 14.6. The van der Waals surface area contributed by atoms with E-state index in [2.05, 4.69) is 15.6 Å². The Kier molecular flexibility index (Phi) is 5.23. The van der Waals surface area contributed by atoms with Crippen LogP contribution in [0.3, 0.4) is 0 Å². The molecule has 2 heterocycles. The Bertz CT molecular complexity index is 472. The van der Waals surface area contributed by atoms with Gasteiger partial charge in [-0.05, 0) is 36.0 Å². The van der Waals surface area contributed by atoms with Gasteiger partial charge >= 0.3 is 12.0 Å². The van der Waals surface area contributed by atoms with E-state index in [1.54, 1.807) is 6.07 Å². The van der Waals surface area contributed by atoms with E-state index in [0.29, 0.717) is 6.54 Å². The normalized spacial score (nSPS) is 15.6. The van der Waals surface area contributed by atoms with Gasteiger partial charge in [0.25, 0.3) is 0 Å². The van der Waals surface area contributed by atoms with E-state index >= 15 is 0 Å². The molecule has 0 aromatic carbocycles. The van der Waals surface area contributed by atoms with Gasteiger partial charge in [0.2, 0.25) is 0 Å². The number of nitrogens with zero attached hydrogens (tertiary/aromatic N) is 1. The summed E-state index contributed by atoms with van der Waals surface area (Å²) in [5.41, 5.74) is 0.766. The maximum Gasteiger partial charge on any atom is 0.354 e. The quantitative estimate of drug-likeness (QED) is 0.782. The van der Waals surface area contributed by atoms with E-state index in [9.17, 15) is 9.59 Å². The van der Waals surface area contributed by atoms with Crippen LogP contribution in [0.15, 0.2) is 18.3 Å². The molecule has 0 radical (unpaired) electrons. The van der Waals surface area contributed by atoms with Crippen LogP contribution < -0.4 is 10.6 Å². The van der Waals surface area contributed by atoms with Crippen LogP contribution in [-0.4, -0.2) is 39.6 Å². The minimum absolute atomic E-state index is 0.00194. The first-order valence-corrected chi connectivity index (χ1v) is 7.61. The van der Waals surface area contributed by atoms with Crippen LogP contribution in [0.1, 0.15) is 28.9 Å². The first-order valence-electron chi connectivity index (χ1n) is 6.45. The molecule has 6 nitrogen and oxygen atoms in total. The zero-order valence-corrected chi connectivity index (χ0v) is 11.8. The lowest BCUT2D eigenvalue weighted by Crippen LogP contribution is -2.43. The fourth-order valence-electron chi connectivity index (χ4n) is 1.92. The standard InChI is InChI=1S/C13H17N3O3S/c17-12(18)11-2-1-9(7-14-11)8-15-13(19)16-10-3-5-20-6-4-10/h1-2,7,10H,3-6,8H2,(H,17,18)(H2,15,16,19). The predicted octanol–water partition coefficient (Wildman–Crippen LogP) is 1.47. The molecule has 1 aromatic rings. The van der Waals surface area contributed by atoms with Gasteiger partial charge in [0.1, 0.15) is 5.69 Å². The molecule has 2 amide bonds. The predicted molar refractivity (Wildman–Crippen MR) is 76.9 cm³/mol. The Morgan fingerprint density at radius 1 is 1.35 bits per heavy atom. The van der Waals surface area contributed by atoms with Crippen molar-refractivity contribution in [3.63, 3.8) is 0 Å². The zero-order chi connectivity index (χ0) is 14.4. The summed E-state index contributed by atoms with van der Waals surface area (Å²) in [6.45, 7) is 0.334. The van der Waals surface area contributed by atoms with E-state index in [4.69, 9.17) is 5.11 Å². The van der Waals surface area contributed by atoms with Crippen LogP contribution in [0, 0.1) is 0 Å². The van der Waals surface area contributed by atoms with Crippen molar-refractivity contribution in [1.82, 2.24) is 15.6 Å². The second-order valence-electron chi connectivity index (χ2n) is 4.57. The molecule has 0 unspecified atom stereocenters. The number of carbonyl (C=O) groups excluding carboxylic acids is 1. The number of urea groups is 1. The van der Waals surface area contributed by atoms with E-state index < -0.39 is 5.97 Å². The van der Waals surface area contributed by atoms with E-state index in [-0.39, 0.29) is 17.8 Å². The Hall–Kier alpha value is -1.76. The Balaban J connectivity index is 1.76. The number of nitrogens with one attached hydrogen (secondary N) is 2. The average molecular weight is 295 g/mol. The molecule has 20 heavy (non-hydrogen) atoms. The van der Waals surface area contributed by atoms with E-state index in [1.165, 1.54) is 12.3 Å². The van der Waals surface area contributed by atoms with Crippen molar-refractivity contribution in [3.8, 4) is 0 Å². The molecular formula is C13H17N3O3S. The van der Waals surface area contributed by atoms with Gasteiger partial charge in [-0.15, -0.1) is 0 Å². The van der Waals surface area contributed by atoms with Crippen LogP contribution in [-0.2, 0) is 6.54 Å². The summed E-state index contributed by atoms with van der Waals surface area (Å²) in [5, 5.41) is 14.4. The largest absolute Gasteiger partial charge is 0.477 e. The SMILES string of the molecule is O=C(NCc1ccc(C(=O)O)nc1)NC1CCSCC1. The van der Waals surface area contributed by atoms with Crippen molar-refractivity contribution in [1.29, 1.82) is 0 Å². The Morgan fingerprint density at radius 3 is 2.70 bits per heavy atom. The highest BCUT2D eigenvalue weighted by Crippen LogP contribution is 2.16. The minimum Gasteiger partial charge on any atom is -0.477 e. The monoisotopic (exact) mass is 295 g/mol. The smallest absolute Gasteiger partial charge is 0.354 e. The molecule has 0 spiro atoms. The molecule has 3 N–H and O–H groups in total. The van der Waals surface area contributed by atoms with Crippen molar-refractivity contribution >= 4 is 23.8 Å². The summed E-state index contributed by atoms with van der Waals surface area (Å²) in [6.07, 6.45) is 3.47. The fourth-order valence-corrected chi connectivity index (χ4v) is 3.02. The number of pyridine rings is 1. The van der Waals surface area contributed by atoms with Crippen molar-refractivity contribution in [2.45, 2.75) is 25.4 Å². The van der Waals surface area contributed by atoms with Gasteiger partial charge in [0.15, 0.2) is 0 Å². The summed E-state index contributed by atoms with van der Waals surface area (Å²) >= 11 is 1.91. The van der Waals surface area contributed by atoms with Gasteiger partial charge in [-0.2, -0.15) is 11.8 Å². The summed E-state index contributed by atoms with van der Waals surface area (Å²) in [5.74, 6) is 1.12. The number of hydrogen-bond donors (Lipinski definition) is 3. The number of aromatic carboxylic acids is 1. The van der Waals surface area contributed by atoms with Crippen LogP contribution in [0.2, 0.25) is 0 Å². The first-order chi connectivity index (χ1) is 9.65. The second kappa shape index (κ2) is 7.14. The van der Waals surface area contributed by atoms with Crippen molar-refractivity contribution in [2.75, 3.05) is 11.5 Å². The van der Waals surface area contributed by atoms with Crippen LogP contribution in [0.25, 0.3) is 0 Å². The number of carboxylic acid groups (broad SMARTS) is 1. The maximum atomic E-state index is 11.7. The van der Waals surface area contributed by atoms with Gasteiger partial charge in [0, 0.05) is 18.8 Å². The number of hydrogen-bond acceptors (Lipinski definition) is 4. The van der Waals surface area contributed by atoms with Crippen LogP contribution in [0.4, 0.5) is 4.79 Å². The second-order valence-corrected chi connectivity index (χ2v) is 5.80. The lowest BCUT2D eigenvalue weighted by atomic mass is 10.2. The molecule has 1 saturated heterocycles. The third kappa shape index (κ3) is 4.41. The molecule has 2 rings (SSSR count). The number of thioether (sulfide) groups is 1. The van der Waals surface area contributed by atoms with Crippen molar-refractivity contribution in [3.05, 3.63) is 29.6 Å². The minimum atomic E-state index is -1.06. The summed E-state index contributed by atoms with van der Waals surface area (Å²) in [6, 6.07) is 3.14. The summed E-state index contributed by atoms with van der Waals surface area (Å²) in [7, 11) is 0. The molecule has 0 bridgehead atoms. The van der Waals surface area contributed by atoms with Gasteiger partial charge in [0.05, 0.1) is 0 Å². The number of carbonyl (C=O) groups is 2. The fraction of sp³-hybridized carbons (Fsp3) is 0.462. The molecule has 1 aliphatic heterocycles. The number of rotatable bonds is 4. The third-order valence-electron chi connectivity index (χ3n) is 3.05. The Labute approximate surface area is 121 Å². The molecule has 0 atom stereocenters.